The summed E-state index contributed by atoms with van der Waals surface area (Å²) in [5.41, 5.74) is 1.76. The fourth-order valence-electron chi connectivity index (χ4n) is 2.13. The standard InChI is InChI=1S/C13H12N2O2S/c16-13(17)9-2-1-8-5-10(18-11(8)6-9)7-12-14-3-4-15-12/h3-6H,1-2,7H2,(H,14,15)(H,16,17). The van der Waals surface area contributed by atoms with Crippen molar-refractivity contribution >= 4 is 23.4 Å². The maximum atomic E-state index is 10.9. The highest BCUT2D eigenvalue weighted by atomic mass is 32.1. The summed E-state index contributed by atoms with van der Waals surface area (Å²) in [6.07, 6.45) is 7.58. The smallest absolute Gasteiger partial charge is 0.331 e. The molecule has 0 saturated carbocycles. The third-order valence-corrected chi connectivity index (χ3v) is 4.16. The van der Waals surface area contributed by atoms with Gasteiger partial charge in [0.25, 0.3) is 0 Å². The van der Waals surface area contributed by atoms with Crippen LogP contribution in [0.25, 0.3) is 6.08 Å². The molecule has 1 aliphatic carbocycles. The number of nitrogens with one attached hydrogen (secondary N) is 1. The Kier molecular flexibility index (Phi) is 2.76. The quantitative estimate of drug-likeness (QED) is 0.891. The fourth-order valence-corrected chi connectivity index (χ4v) is 3.32. The molecule has 18 heavy (non-hydrogen) atoms. The second-order valence-corrected chi connectivity index (χ2v) is 5.46. The van der Waals surface area contributed by atoms with Crippen LogP contribution in [0.3, 0.4) is 0 Å². The van der Waals surface area contributed by atoms with Crippen LogP contribution < -0.4 is 0 Å². The number of aromatic nitrogens is 2. The van der Waals surface area contributed by atoms with Crippen LogP contribution in [0.1, 0.15) is 27.6 Å². The molecular formula is C13H12N2O2S. The molecule has 0 saturated heterocycles. The average Bonchev–Trinajstić information content (AvgIpc) is 2.96. The molecule has 0 radical (unpaired) electrons. The van der Waals surface area contributed by atoms with E-state index in [4.69, 9.17) is 5.11 Å². The number of H-pyrrole nitrogens is 1. The third-order valence-electron chi connectivity index (χ3n) is 3.03. The van der Waals surface area contributed by atoms with Crippen molar-refractivity contribution in [2.45, 2.75) is 19.3 Å². The van der Waals surface area contributed by atoms with E-state index in [-0.39, 0.29) is 0 Å². The maximum Gasteiger partial charge on any atom is 0.331 e. The van der Waals surface area contributed by atoms with Crippen molar-refractivity contribution in [2.75, 3.05) is 0 Å². The van der Waals surface area contributed by atoms with Gasteiger partial charge < -0.3 is 10.1 Å². The van der Waals surface area contributed by atoms with E-state index in [0.29, 0.717) is 12.0 Å². The highest BCUT2D eigenvalue weighted by molar-refractivity contribution is 7.13. The van der Waals surface area contributed by atoms with E-state index in [1.54, 1.807) is 23.6 Å². The first-order valence-corrected chi connectivity index (χ1v) is 6.58. The first-order chi connectivity index (χ1) is 8.72. The normalized spacial score (nSPS) is 14.1. The molecule has 3 rings (SSSR count). The van der Waals surface area contributed by atoms with Crippen molar-refractivity contribution < 1.29 is 9.90 Å². The Bertz CT molecular complexity index is 611. The van der Waals surface area contributed by atoms with Gasteiger partial charge in [0.1, 0.15) is 5.82 Å². The molecule has 92 valence electrons. The molecule has 0 unspecified atom stereocenters. The Labute approximate surface area is 108 Å². The van der Waals surface area contributed by atoms with Gasteiger partial charge in [-0.3, -0.25) is 0 Å². The molecule has 2 heterocycles. The molecule has 1 aliphatic rings. The maximum absolute atomic E-state index is 10.9. The molecule has 0 atom stereocenters. The Morgan fingerprint density at radius 3 is 3.11 bits per heavy atom. The van der Waals surface area contributed by atoms with Gasteiger partial charge in [-0.05, 0) is 30.5 Å². The zero-order chi connectivity index (χ0) is 12.5. The Morgan fingerprint density at radius 2 is 2.39 bits per heavy atom. The SMILES string of the molecule is O=C(O)C1=Cc2sc(Cc3ncc[nH]3)cc2CC1. The van der Waals surface area contributed by atoms with Crippen molar-refractivity contribution in [1.29, 1.82) is 0 Å². The van der Waals surface area contributed by atoms with Crippen LogP contribution in [0, 0.1) is 0 Å². The first kappa shape index (κ1) is 11.2. The van der Waals surface area contributed by atoms with Crippen molar-refractivity contribution in [3.05, 3.63) is 45.2 Å². The number of hydrogen-bond acceptors (Lipinski definition) is 3. The first-order valence-electron chi connectivity index (χ1n) is 5.76. The van der Waals surface area contributed by atoms with Gasteiger partial charge in [0, 0.05) is 34.1 Å². The van der Waals surface area contributed by atoms with Crippen LogP contribution in [-0.2, 0) is 17.6 Å². The van der Waals surface area contributed by atoms with Crippen LogP contribution >= 0.6 is 11.3 Å². The van der Waals surface area contributed by atoms with Gasteiger partial charge in [-0.25, -0.2) is 9.78 Å². The van der Waals surface area contributed by atoms with Gasteiger partial charge in [0.15, 0.2) is 0 Å². The lowest BCUT2D eigenvalue weighted by Crippen LogP contribution is -2.05. The van der Waals surface area contributed by atoms with Crippen LogP contribution in [0.15, 0.2) is 24.0 Å². The van der Waals surface area contributed by atoms with Gasteiger partial charge in [-0.2, -0.15) is 0 Å². The molecule has 0 aromatic carbocycles. The van der Waals surface area contributed by atoms with Gasteiger partial charge in [-0.15, -0.1) is 11.3 Å². The average molecular weight is 260 g/mol. The Hall–Kier alpha value is -1.88. The molecule has 0 aliphatic heterocycles. The number of hydrogen-bond donors (Lipinski definition) is 2. The summed E-state index contributed by atoms with van der Waals surface area (Å²) >= 11 is 1.65. The highest BCUT2D eigenvalue weighted by Gasteiger charge is 2.18. The second-order valence-electron chi connectivity index (χ2n) is 4.29. The minimum Gasteiger partial charge on any atom is -0.478 e. The van der Waals surface area contributed by atoms with Gasteiger partial charge in [0.05, 0.1) is 0 Å². The minimum atomic E-state index is -0.804. The van der Waals surface area contributed by atoms with E-state index < -0.39 is 5.97 Å². The van der Waals surface area contributed by atoms with Crippen molar-refractivity contribution in [1.82, 2.24) is 9.97 Å². The number of aryl methyl sites for hydroxylation is 1. The van der Waals surface area contributed by atoms with Crippen LogP contribution in [-0.4, -0.2) is 21.0 Å². The molecule has 0 fully saturated rings. The molecule has 0 amide bonds. The predicted octanol–water partition coefficient (Wildman–Crippen LogP) is 2.48. The largest absolute Gasteiger partial charge is 0.478 e. The predicted molar refractivity (Wildman–Crippen MR) is 69.6 cm³/mol. The number of carboxylic acids is 1. The van der Waals surface area contributed by atoms with E-state index in [1.807, 2.05) is 6.20 Å². The number of thiophene rings is 1. The summed E-state index contributed by atoms with van der Waals surface area (Å²) in [5, 5.41) is 9.00. The number of aromatic amines is 1. The molecule has 2 aromatic rings. The molecule has 5 heteroatoms. The van der Waals surface area contributed by atoms with Crippen LogP contribution in [0.5, 0.6) is 0 Å². The van der Waals surface area contributed by atoms with E-state index in [1.165, 1.54) is 10.4 Å². The van der Waals surface area contributed by atoms with E-state index in [2.05, 4.69) is 16.0 Å². The number of carbonyl (C=O) groups is 1. The summed E-state index contributed by atoms with van der Waals surface area (Å²) in [4.78, 5) is 20.5. The molecule has 2 aromatic heterocycles. The molecule has 0 bridgehead atoms. The van der Waals surface area contributed by atoms with Crippen molar-refractivity contribution in [3.63, 3.8) is 0 Å². The molecule has 4 nitrogen and oxygen atoms in total. The van der Waals surface area contributed by atoms with Gasteiger partial charge in [0.2, 0.25) is 0 Å². The molecule has 2 N–H and O–H groups in total. The lowest BCUT2D eigenvalue weighted by atomic mass is 9.98. The lowest BCUT2D eigenvalue weighted by molar-refractivity contribution is -0.132. The van der Waals surface area contributed by atoms with Crippen molar-refractivity contribution in [3.8, 4) is 0 Å². The zero-order valence-electron chi connectivity index (χ0n) is 9.64. The van der Waals surface area contributed by atoms with E-state index in [0.717, 1.165) is 23.5 Å². The Morgan fingerprint density at radius 1 is 1.50 bits per heavy atom. The number of rotatable bonds is 3. The summed E-state index contributed by atoms with van der Waals surface area (Å²) < 4.78 is 0. The number of nitrogens with zero attached hydrogens (tertiary/aromatic N) is 1. The zero-order valence-corrected chi connectivity index (χ0v) is 10.5. The van der Waals surface area contributed by atoms with Crippen LogP contribution in [0.2, 0.25) is 0 Å². The van der Waals surface area contributed by atoms with Crippen LogP contribution in [0.4, 0.5) is 0 Å². The number of fused-ring (bicyclic) bond motifs is 1. The summed E-state index contributed by atoms with van der Waals surface area (Å²) in [6.45, 7) is 0. The van der Waals surface area contributed by atoms with E-state index >= 15 is 0 Å². The highest BCUT2D eigenvalue weighted by Crippen LogP contribution is 2.32. The second kappa shape index (κ2) is 4.42. The lowest BCUT2D eigenvalue weighted by Gasteiger charge is -2.08. The summed E-state index contributed by atoms with van der Waals surface area (Å²) in [5.74, 6) is 0.137. The van der Waals surface area contributed by atoms with E-state index in [9.17, 15) is 4.79 Å². The summed E-state index contributed by atoms with van der Waals surface area (Å²) in [7, 11) is 0. The van der Waals surface area contributed by atoms with Gasteiger partial charge >= 0.3 is 5.97 Å². The molecule has 0 spiro atoms. The number of aliphatic carboxylic acids is 1. The minimum absolute atomic E-state index is 0.508. The Balaban J connectivity index is 1.87. The van der Waals surface area contributed by atoms with Crippen molar-refractivity contribution in [2.24, 2.45) is 0 Å². The fraction of sp³-hybridized carbons (Fsp3) is 0.231. The molecular weight excluding hydrogens is 248 g/mol. The number of carboxylic acid groups (broad SMARTS) is 1. The van der Waals surface area contributed by atoms with Gasteiger partial charge in [-0.1, -0.05) is 0 Å². The number of imidazole rings is 1. The third kappa shape index (κ3) is 2.09. The summed E-state index contributed by atoms with van der Waals surface area (Å²) in [6, 6.07) is 2.16. The monoisotopic (exact) mass is 260 g/mol. The topological polar surface area (TPSA) is 66.0 Å².